The highest BCUT2D eigenvalue weighted by atomic mass is 35.5. The van der Waals surface area contributed by atoms with Gasteiger partial charge < -0.3 is 10.2 Å². The monoisotopic (exact) mass is 401 g/mol. The fourth-order valence-corrected chi connectivity index (χ4v) is 5.02. The molecule has 3 aromatic rings. The average molecular weight is 402 g/mol. The summed E-state index contributed by atoms with van der Waals surface area (Å²) in [6.07, 6.45) is 0. The van der Waals surface area contributed by atoms with Gasteiger partial charge in [0.15, 0.2) is 0 Å². The molecule has 27 heavy (non-hydrogen) atoms. The van der Waals surface area contributed by atoms with Crippen LogP contribution in [0.3, 0.4) is 0 Å². The maximum atomic E-state index is 12.8. The molecule has 0 unspecified atom stereocenters. The number of piperazine rings is 1. The van der Waals surface area contributed by atoms with Crippen molar-refractivity contribution in [1.82, 2.24) is 5.32 Å². The molecule has 1 saturated heterocycles. The summed E-state index contributed by atoms with van der Waals surface area (Å²) in [7, 11) is -3.78. The molecule has 0 aromatic heterocycles. The summed E-state index contributed by atoms with van der Waals surface area (Å²) in [5.74, 6) is 0. The predicted molar refractivity (Wildman–Crippen MR) is 111 cm³/mol. The number of hydrogen-bond acceptors (Lipinski definition) is 4. The van der Waals surface area contributed by atoms with Gasteiger partial charge in [-0.25, -0.2) is 8.42 Å². The molecule has 0 spiro atoms. The Morgan fingerprint density at radius 3 is 2.30 bits per heavy atom. The van der Waals surface area contributed by atoms with Crippen LogP contribution in [0, 0.1) is 0 Å². The van der Waals surface area contributed by atoms with Crippen molar-refractivity contribution in [2.75, 3.05) is 35.8 Å². The second-order valence-electron chi connectivity index (χ2n) is 6.45. The predicted octanol–water partition coefficient (Wildman–Crippen LogP) is 3.70. The highest BCUT2D eigenvalue weighted by Gasteiger charge is 2.20. The highest BCUT2D eigenvalue weighted by Crippen LogP contribution is 2.34. The number of fused-ring (bicyclic) bond motifs is 1. The van der Waals surface area contributed by atoms with E-state index in [0.29, 0.717) is 5.69 Å². The van der Waals surface area contributed by atoms with Gasteiger partial charge in [-0.1, -0.05) is 48.0 Å². The van der Waals surface area contributed by atoms with Gasteiger partial charge in [0.25, 0.3) is 10.0 Å². The number of hydrogen-bond donors (Lipinski definition) is 2. The molecule has 1 aliphatic rings. The number of benzene rings is 3. The van der Waals surface area contributed by atoms with Gasteiger partial charge >= 0.3 is 0 Å². The summed E-state index contributed by atoms with van der Waals surface area (Å²) in [6, 6.07) is 18.1. The second kappa shape index (κ2) is 7.38. The fourth-order valence-electron chi connectivity index (χ4n) is 3.42. The van der Waals surface area contributed by atoms with E-state index >= 15 is 0 Å². The summed E-state index contributed by atoms with van der Waals surface area (Å²) < 4.78 is 28.4. The first-order valence-corrected chi connectivity index (χ1v) is 10.7. The Morgan fingerprint density at radius 1 is 0.889 bits per heavy atom. The van der Waals surface area contributed by atoms with E-state index in [0.717, 1.165) is 42.6 Å². The third-order valence-electron chi connectivity index (χ3n) is 4.73. The smallest absolute Gasteiger partial charge is 0.263 e. The minimum absolute atomic E-state index is 0.0712. The van der Waals surface area contributed by atoms with Gasteiger partial charge in [-0.15, -0.1) is 0 Å². The molecular weight excluding hydrogens is 382 g/mol. The largest absolute Gasteiger partial charge is 0.368 e. The highest BCUT2D eigenvalue weighted by molar-refractivity contribution is 7.92. The van der Waals surface area contributed by atoms with Gasteiger partial charge in [-0.05, 0) is 24.3 Å². The zero-order chi connectivity index (χ0) is 18.9. The van der Waals surface area contributed by atoms with Crippen molar-refractivity contribution in [3.63, 3.8) is 0 Å². The summed E-state index contributed by atoms with van der Waals surface area (Å²) in [5.41, 5.74) is 1.66. The molecular formula is C20H20ClN3O2S. The third kappa shape index (κ3) is 3.60. The lowest BCUT2D eigenvalue weighted by Crippen LogP contribution is -2.43. The molecule has 0 aliphatic carbocycles. The molecule has 5 nitrogen and oxygen atoms in total. The van der Waals surface area contributed by atoms with Crippen LogP contribution < -0.4 is 14.9 Å². The van der Waals surface area contributed by atoms with Crippen LogP contribution in [0.1, 0.15) is 0 Å². The Morgan fingerprint density at radius 2 is 1.56 bits per heavy atom. The number of halogens is 1. The quantitative estimate of drug-likeness (QED) is 0.699. The van der Waals surface area contributed by atoms with E-state index in [9.17, 15) is 8.42 Å². The molecule has 1 fully saturated rings. The molecule has 1 aliphatic heterocycles. The standard InChI is InChI=1S/C20H20ClN3O2S/c21-17-7-3-4-8-20(17)27(25,26)23-18-9-10-19(24-13-11-22-12-14-24)16-6-2-1-5-15(16)18/h1-10,22-23H,11-14H2. The molecule has 0 bridgehead atoms. The minimum atomic E-state index is -3.78. The first-order valence-electron chi connectivity index (χ1n) is 8.81. The molecule has 1 heterocycles. The molecule has 3 aromatic carbocycles. The van der Waals surface area contributed by atoms with E-state index in [2.05, 4.69) is 14.9 Å². The number of rotatable bonds is 4. The van der Waals surface area contributed by atoms with Crippen LogP contribution in [0.4, 0.5) is 11.4 Å². The summed E-state index contributed by atoms with van der Waals surface area (Å²) in [5, 5.41) is 5.44. The summed E-state index contributed by atoms with van der Waals surface area (Å²) in [6.45, 7) is 3.73. The van der Waals surface area contributed by atoms with Gasteiger partial charge in [0.1, 0.15) is 4.90 Å². The lowest BCUT2D eigenvalue weighted by Gasteiger charge is -2.30. The molecule has 0 radical (unpaired) electrons. The summed E-state index contributed by atoms with van der Waals surface area (Å²) >= 11 is 6.09. The van der Waals surface area contributed by atoms with E-state index < -0.39 is 10.0 Å². The van der Waals surface area contributed by atoms with E-state index in [1.54, 1.807) is 18.2 Å². The molecule has 2 N–H and O–H groups in total. The molecule has 0 atom stereocenters. The van der Waals surface area contributed by atoms with E-state index in [1.165, 1.54) is 6.07 Å². The number of nitrogens with zero attached hydrogens (tertiary/aromatic N) is 1. The Kier molecular flexibility index (Phi) is 4.95. The molecule has 0 saturated carbocycles. The summed E-state index contributed by atoms with van der Waals surface area (Å²) in [4.78, 5) is 2.40. The van der Waals surface area contributed by atoms with Crippen LogP contribution in [0.15, 0.2) is 65.6 Å². The fraction of sp³-hybridized carbons (Fsp3) is 0.200. The van der Waals surface area contributed by atoms with Crippen LogP contribution in [0.5, 0.6) is 0 Å². The Labute approximate surface area is 164 Å². The van der Waals surface area contributed by atoms with Crippen molar-refractivity contribution < 1.29 is 8.42 Å². The minimum Gasteiger partial charge on any atom is -0.368 e. The molecule has 140 valence electrons. The van der Waals surface area contributed by atoms with Crippen molar-refractivity contribution in [1.29, 1.82) is 0 Å². The zero-order valence-electron chi connectivity index (χ0n) is 14.7. The lowest BCUT2D eigenvalue weighted by atomic mass is 10.1. The first-order chi connectivity index (χ1) is 13.1. The normalized spacial score (nSPS) is 15.1. The number of nitrogens with one attached hydrogen (secondary N) is 2. The third-order valence-corrected chi connectivity index (χ3v) is 6.59. The Bertz CT molecular complexity index is 1080. The number of anilines is 2. The molecule has 7 heteroatoms. The van der Waals surface area contributed by atoms with Crippen molar-refractivity contribution in [2.24, 2.45) is 0 Å². The van der Waals surface area contributed by atoms with Crippen molar-refractivity contribution in [3.05, 3.63) is 65.7 Å². The van der Waals surface area contributed by atoms with Crippen molar-refractivity contribution in [2.45, 2.75) is 4.90 Å². The van der Waals surface area contributed by atoms with E-state index in [-0.39, 0.29) is 9.92 Å². The van der Waals surface area contributed by atoms with Gasteiger partial charge in [-0.2, -0.15) is 0 Å². The first kappa shape index (κ1) is 18.1. The van der Waals surface area contributed by atoms with Gasteiger partial charge in [0, 0.05) is 42.6 Å². The Balaban J connectivity index is 1.76. The molecule has 4 rings (SSSR count). The molecule has 0 amide bonds. The van der Waals surface area contributed by atoms with Crippen LogP contribution in [-0.2, 0) is 10.0 Å². The van der Waals surface area contributed by atoms with Crippen LogP contribution >= 0.6 is 11.6 Å². The SMILES string of the molecule is O=S(=O)(Nc1ccc(N2CCNCC2)c2ccccc12)c1ccccc1Cl. The van der Waals surface area contributed by atoms with Crippen LogP contribution in [-0.4, -0.2) is 34.6 Å². The number of sulfonamides is 1. The maximum Gasteiger partial charge on any atom is 0.263 e. The van der Waals surface area contributed by atoms with Crippen molar-refractivity contribution in [3.8, 4) is 0 Å². The van der Waals surface area contributed by atoms with E-state index in [4.69, 9.17) is 11.6 Å². The van der Waals surface area contributed by atoms with Crippen molar-refractivity contribution >= 4 is 43.8 Å². The van der Waals surface area contributed by atoms with Crippen LogP contribution in [0.2, 0.25) is 5.02 Å². The Hall–Kier alpha value is -2.28. The topological polar surface area (TPSA) is 61.4 Å². The van der Waals surface area contributed by atoms with Gasteiger partial charge in [-0.3, -0.25) is 4.72 Å². The maximum absolute atomic E-state index is 12.8. The average Bonchev–Trinajstić information content (AvgIpc) is 2.69. The zero-order valence-corrected chi connectivity index (χ0v) is 16.2. The lowest BCUT2D eigenvalue weighted by molar-refractivity contribution is 0.590. The second-order valence-corrected chi connectivity index (χ2v) is 8.51. The van der Waals surface area contributed by atoms with Gasteiger partial charge in [0.05, 0.1) is 10.7 Å². The van der Waals surface area contributed by atoms with E-state index in [1.807, 2.05) is 36.4 Å². The van der Waals surface area contributed by atoms with Gasteiger partial charge in [0.2, 0.25) is 0 Å². The van der Waals surface area contributed by atoms with Crippen LogP contribution in [0.25, 0.3) is 10.8 Å².